The smallest absolute Gasteiger partial charge is 0.376 e. The van der Waals surface area contributed by atoms with Gasteiger partial charge in [-0.3, -0.25) is 14.5 Å². The molecule has 10 nitrogen and oxygen atoms in total. The van der Waals surface area contributed by atoms with E-state index in [0.717, 1.165) is 21.9 Å². The van der Waals surface area contributed by atoms with E-state index >= 15 is 0 Å². The number of methoxy groups -OCH3 is 1. The van der Waals surface area contributed by atoms with E-state index in [9.17, 15) is 19.2 Å². The summed E-state index contributed by atoms with van der Waals surface area (Å²) < 4.78 is 16.9. The first kappa shape index (κ1) is 27.2. The Labute approximate surface area is 227 Å². The first-order valence-corrected chi connectivity index (χ1v) is 12.5. The molecule has 5 rings (SSSR count). The molecule has 12 heteroatoms. The van der Waals surface area contributed by atoms with E-state index in [-0.39, 0.29) is 30.4 Å². The van der Waals surface area contributed by atoms with Gasteiger partial charge in [-0.15, -0.1) is 24.2 Å². The number of aromatic nitrogens is 1. The molecule has 2 atom stereocenters. The van der Waals surface area contributed by atoms with Gasteiger partial charge < -0.3 is 19.7 Å². The molecular formula is C26H24ClN3O7S. The van der Waals surface area contributed by atoms with Crippen molar-refractivity contribution in [1.29, 1.82) is 0 Å². The van der Waals surface area contributed by atoms with Crippen LogP contribution >= 0.6 is 24.2 Å². The zero-order valence-electron chi connectivity index (χ0n) is 20.1. The van der Waals surface area contributed by atoms with Gasteiger partial charge in [0.2, 0.25) is 11.7 Å². The van der Waals surface area contributed by atoms with Crippen molar-refractivity contribution >= 4 is 42.0 Å². The largest absolute Gasteiger partial charge is 0.463 e. The molecule has 0 saturated carbocycles. The van der Waals surface area contributed by atoms with Crippen LogP contribution in [0.25, 0.3) is 0 Å². The van der Waals surface area contributed by atoms with E-state index in [1.807, 2.05) is 60.7 Å². The van der Waals surface area contributed by atoms with Gasteiger partial charge in [-0.05, 0) is 16.7 Å². The number of ether oxygens (including phenoxy) is 2. The van der Waals surface area contributed by atoms with Gasteiger partial charge in [0.05, 0.1) is 19.7 Å². The lowest BCUT2D eigenvalue weighted by Crippen LogP contribution is -2.68. The molecule has 1 saturated heterocycles. The van der Waals surface area contributed by atoms with Crippen LogP contribution in [0.5, 0.6) is 0 Å². The van der Waals surface area contributed by atoms with Crippen molar-refractivity contribution in [3.8, 4) is 0 Å². The minimum Gasteiger partial charge on any atom is -0.463 e. The molecule has 0 aliphatic carbocycles. The maximum Gasteiger partial charge on any atom is 0.376 e. The molecule has 2 aliphatic rings. The van der Waals surface area contributed by atoms with Crippen LogP contribution in [0, 0.1) is 0 Å². The molecule has 2 N–H and O–H groups in total. The highest BCUT2D eigenvalue weighted by Crippen LogP contribution is 2.41. The van der Waals surface area contributed by atoms with Crippen molar-refractivity contribution in [3.63, 3.8) is 0 Å². The summed E-state index contributed by atoms with van der Waals surface area (Å²) >= 11 is 1.37. The second-order valence-electron chi connectivity index (χ2n) is 8.46. The molecule has 2 aliphatic heterocycles. The number of nitrogens with zero attached hydrogens (tertiary/aromatic N) is 2. The molecule has 1 amide bonds. The number of hydrogen-bond acceptors (Lipinski definition) is 9. The monoisotopic (exact) mass is 557 g/mol. The first-order valence-electron chi connectivity index (χ1n) is 11.4. The molecular weight excluding hydrogens is 534 g/mol. The average Bonchev–Trinajstić information content (AvgIpc) is 3.31. The van der Waals surface area contributed by atoms with Gasteiger partial charge in [0.25, 0.3) is 5.56 Å². The van der Waals surface area contributed by atoms with Crippen molar-refractivity contribution in [2.75, 3.05) is 12.9 Å². The number of carbonyl (C=O) groups excluding carboxylic acids is 3. The predicted octanol–water partition coefficient (Wildman–Crippen LogP) is 2.48. The molecule has 3 heterocycles. The van der Waals surface area contributed by atoms with Crippen LogP contribution in [0.15, 0.2) is 87.3 Å². The average molecular weight is 558 g/mol. The molecule has 0 bridgehead atoms. The molecule has 198 valence electrons. The van der Waals surface area contributed by atoms with E-state index in [1.54, 1.807) is 0 Å². The third-order valence-corrected chi connectivity index (χ3v) is 7.50. The maximum absolute atomic E-state index is 13.7. The minimum absolute atomic E-state index is 0. The van der Waals surface area contributed by atoms with Crippen LogP contribution < -0.4 is 11.3 Å². The van der Waals surface area contributed by atoms with Gasteiger partial charge in [0.15, 0.2) is 6.10 Å². The van der Waals surface area contributed by atoms with E-state index in [4.69, 9.17) is 15.0 Å². The highest BCUT2D eigenvalue weighted by atomic mass is 35.5. The van der Waals surface area contributed by atoms with Crippen LogP contribution in [0.3, 0.4) is 0 Å². The zero-order chi connectivity index (χ0) is 26.1. The first-order chi connectivity index (χ1) is 17.9. The number of β-lactam (4-membered cyclic amide) rings is 1. The third-order valence-electron chi connectivity index (χ3n) is 6.14. The second-order valence-corrected chi connectivity index (χ2v) is 9.57. The van der Waals surface area contributed by atoms with Crippen LogP contribution in [0.4, 0.5) is 0 Å². The number of hydrogen-bond donors (Lipinski definition) is 1. The summed E-state index contributed by atoms with van der Waals surface area (Å²) in [6.45, 7) is -0.166. The quantitative estimate of drug-likeness (QED) is 0.343. The van der Waals surface area contributed by atoms with Crippen molar-refractivity contribution in [2.24, 2.45) is 5.73 Å². The number of esters is 2. The summed E-state index contributed by atoms with van der Waals surface area (Å²) in [5.74, 6) is -1.92. The normalized spacial score (nSPS) is 18.4. The number of rotatable bonds is 7. The minimum atomic E-state index is -0.806. The molecule has 38 heavy (non-hydrogen) atoms. The van der Waals surface area contributed by atoms with Gasteiger partial charge in [0.1, 0.15) is 17.1 Å². The summed E-state index contributed by atoms with van der Waals surface area (Å²) in [7, 11) is 1.17. The Hall–Kier alpha value is -3.80. The van der Waals surface area contributed by atoms with E-state index in [1.165, 1.54) is 23.8 Å². The summed E-state index contributed by atoms with van der Waals surface area (Å²) in [5, 5.41) is -0.426. The van der Waals surface area contributed by atoms with Crippen molar-refractivity contribution in [3.05, 3.63) is 105 Å². The summed E-state index contributed by atoms with van der Waals surface area (Å²) in [6, 6.07) is 18.8. The summed E-state index contributed by atoms with van der Waals surface area (Å²) in [5.41, 5.74) is 7.35. The number of nitrogens with two attached hydrogens (primary N) is 1. The van der Waals surface area contributed by atoms with Gasteiger partial charge in [-0.1, -0.05) is 60.7 Å². The fraction of sp³-hybridized carbons (Fsp3) is 0.231. The SMILES string of the molecule is COC(=O)c1cc(=O)n(CC2=C(C(=O)OC(c3ccccc3)c3ccccc3)N3C(=O)C(N)[C@H]3SC2)o1.Cl. The lowest BCUT2D eigenvalue weighted by atomic mass is 10.0. The third kappa shape index (κ3) is 5.00. The Kier molecular flexibility index (Phi) is 8.10. The number of halogens is 1. The Bertz CT molecular complexity index is 1400. The molecule has 3 aromatic rings. The van der Waals surface area contributed by atoms with Crippen LogP contribution in [0.1, 0.15) is 27.8 Å². The topological polar surface area (TPSA) is 134 Å². The number of amides is 1. The molecule has 0 spiro atoms. The van der Waals surface area contributed by atoms with E-state index in [2.05, 4.69) is 4.74 Å². The Morgan fingerprint density at radius 2 is 1.66 bits per heavy atom. The van der Waals surface area contributed by atoms with Crippen LogP contribution in [0.2, 0.25) is 0 Å². The van der Waals surface area contributed by atoms with E-state index in [0.29, 0.717) is 11.3 Å². The molecule has 1 fully saturated rings. The van der Waals surface area contributed by atoms with Crippen LogP contribution in [-0.2, 0) is 25.6 Å². The van der Waals surface area contributed by atoms with E-state index < -0.39 is 40.9 Å². The standard InChI is InChI=1S/C26H23N3O7S.ClH/c1-34-25(32)18-12-19(30)28(36-18)13-17-14-37-24-20(27)23(31)29(24)21(17)26(33)35-22(15-8-4-2-5-9-15)16-10-6-3-7-11-16;/h2-12,20,22,24H,13-14,27H2,1H3;1H/t20?,24-;/m1./s1. The lowest BCUT2D eigenvalue weighted by Gasteiger charge is -2.48. The molecule has 1 aromatic heterocycles. The number of thioether (sulfide) groups is 1. The lowest BCUT2D eigenvalue weighted by molar-refractivity contribution is -0.153. The molecule has 2 aromatic carbocycles. The highest BCUT2D eigenvalue weighted by molar-refractivity contribution is 8.00. The zero-order valence-corrected chi connectivity index (χ0v) is 21.8. The summed E-state index contributed by atoms with van der Waals surface area (Å²) in [4.78, 5) is 52.0. The molecule has 1 unspecified atom stereocenters. The molecule has 0 radical (unpaired) electrons. The van der Waals surface area contributed by atoms with Crippen molar-refractivity contribution in [2.45, 2.75) is 24.1 Å². The van der Waals surface area contributed by atoms with Gasteiger partial charge >= 0.3 is 11.9 Å². The fourth-order valence-electron chi connectivity index (χ4n) is 4.29. The number of fused-ring (bicyclic) bond motifs is 1. The Balaban J connectivity index is 0.00000336. The van der Waals surface area contributed by atoms with Gasteiger partial charge in [-0.2, -0.15) is 4.74 Å². The van der Waals surface area contributed by atoms with Crippen molar-refractivity contribution < 1.29 is 28.4 Å². The Morgan fingerprint density at radius 1 is 1.05 bits per heavy atom. The number of carbonyl (C=O) groups is 3. The number of benzene rings is 2. The predicted molar refractivity (Wildman–Crippen MR) is 140 cm³/mol. The maximum atomic E-state index is 13.7. The Morgan fingerprint density at radius 3 is 2.24 bits per heavy atom. The van der Waals surface area contributed by atoms with Gasteiger partial charge in [-0.25, -0.2) is 9.59 Å². The van der Waals surface area contributed by atoms with Crippen molar-refractivity contribution in [1.82, 2.24) is 9.64 Å². The summed E-state index contributed by atoms with van der Waals surface area (Å²) in [6.07, 6.45) is -0.737. The van der Waals surface area contributed by atoms with Crippen LogP contribution in [-0.4, -0.2) is 51.8 Å². The highest BCUT2D eigenvalue weighted by Gasteiger charge is 2.52. The van der Waals surface area contributed by atoms with Gasteiger partial charge in [0, 0.05) is 5.75 Å². The second kappa shape index (κ2) is 11.3. The fourth-order valence-corrected chi connectivity index (χ4v) is 5.57.